The van der Waals surface area contributed by atoms with Crippen LogP contribution in [0.25, 0.3) is 22.2 Å². The van der Waals surface area contributed by atoms with Crippen LogP contribution < -0.4 is 5.73 Å². The molecule has 108 valence electrons. The van der Waals surface area contributed by atoms with E-state index in [1.54, 1.807) is 0 Å². The minimum Gasteiger partial charge on any atom is -0.383 e. The quantitative estimate of drug-likeness (QED) is 0.793. The fraction of sp³-hybridized carbons (Fsp3) is 0.294. The van der Waals surface area contributed by atoms with Crippen molar-refractivity contribution < 1.29 is 0 Å². The summed E-state index contributed by atoms with van der Waals surface area (Å²) in [5, 5.41) is 1.10. The molecule has 0 spiro atoms. The number of pyridine rings is 1. The molecule has 3 rings (SSSR count). The van der Waals surface area contributed by atoms with E-state index in [4.69, 9.17) is 10.7 Å². The third-order valence-electron chi connectivity index (χ3n) is 3.74. The van der Waals surface area contributed by atoms with Crippen LogP contribution in [0.2, 0.25) is 0 Å². The van der Waals surface area contributed by atoms with Gasteiger partial charge in [0.1, 0.15) is 17.3 Å². The molecule has 3 aromatic rings. The number of aryl methyl sites for hydroxylation is 1. The normalized spacial score (nSPS) is 11.4. The van der Waals surface area contributed by atoms with Gasteiger partial charge in [-0.15, -0.1) is 0 Å². The number of hydrogen-bond donors (Lipinski definition) is 1. The topological polar surface area (TPSA) is 56.7 Å². The van der Waals surface area contributed by atoms with Gasteiger partial charge < -0.3 is 10.3 Å². The molecule has 0 bridgehead atoms. The van der Waals surface area contributed by atoms with Gasteiger partial charge in [-0.3, -0.25) is 4.98 Å². The highest BCUT2D eigenvalue weighted by Gasteiger charge is 2.18. The SMILES string of the molecule is CCc1nc(-c2cccc3cccnc23)c(N)n1C(C)C. The molecule has 2 N–H and O–H groups in total. The predicted molar refractivity (Wildman–Crippen MR) is 87.1 cm³/mol. The summed E-state index contributed by atoms with van der Waals surface area (Å²) in [4.78, 5) is 9.27. The maximum absolute atomic E-state index is 6.38. The van der Waals surface area contributed by atoms with Crippen LogP contribution in [0.5, 0.6) is 0 Å². The van der Waals surface area contributed by atoms with E-state index in [1.165, 1.54) is 0 Å². The third kappa shape index (κ3) is 2.17. The number of hydrogen-bond acceptors (Lipinski definition) is 3. The summed E-state index contributed by atoms with van der Waals surface area (Å²) in [5.41, 5.74) is 9.16. The van der Waals surface area contributed by atoms with E-state index < -0.39 is 0 Å². The molecule has 0 saturated carbocycles. The average molecular weight is 280 g/mol. The number of imidazole rings is 1. The molecule has 4 nitrogen and oxygen atoms in total. The van der Waals surface area contributed by atoms with Gasteiger partial charge in [0.15, 0.2) is 0 Å². The van der Waals surface area contributed by atoms with E-state index in [0.717, 1.165) is 40.2 Å². The minimum absolute atomic E-state index is 0.295. The van der Waals surface area contributed by atoms with Crippen LogP contribution in [0.4, 0.5) is 5.82 Å². The molecule has 0 aliphatic rings. The Balaban J connectivity index is 2.29. The highest BCUT2D eigenvalue weighted by atomic mass is 15.2. The standard InChI is InChI=1S/C17H20N4/c1-4-14-20-16(17(18)21(14)11(2)3)13-9-5-7-12-8-6-10-19-15(12)13/h5-11H,4,18H2,1-3H3. The highest BCUT2D eigenvalue weighted by Crippen LogP contribution is 2.33. The average Bonchev–Trinajstić information content (AvgIpc) is 2.83. The van der Waals surface area contributed by atoms with Crippen LogP contribution in [-0.2, 0) is 6.42 Å². The Hall–Kier alpha value is -2.36. The number of rotatable bonds is 3. The molecular formula is C17H20N4. The van der Waals surface area contributed by atoms with Gasteiger partial charge in [-0.05, 0) is 19.9 Å². The second kappa shape index (κ2) is 5.20. The Bertz CT molecular complexity index is 781. The van der Waals surface area contributed by atoms with Crippen molar-refractivity contribution in [2.45, 2.75) is 33.2 Å². The number of para-hydroxylation sites is 1. The van der Waals surface area contributed by atoms with Crippen molar-refractivity contribution >= 4 is 16.7 Å². The van der Waals surface area contributed by atoms with Crippen molar-refractivity contribution in [1.82, 2.24) is 14.5 Å². The van der Waals surface area contributed by atoms with Crippen molar-refractivity contribution in [3.63, 3.8) is 0 Å². The van der Waals surface area contributed by atoms with E-state index in [2.05, 4.69) is 42.5 Å². The molecule has 0 amide bonds. The Labute approximate surface area is 124 Å². The molecule has 21 heavy (non-hydrogen) atoms. The van der Waals surface area contributed by atoms with Crippen molar-refractivity contribution in [3.8, 4) is 11.3 Å². The van der Waals surface area contributed by atoms with E-state index in [0.29, 0.717) is 6.04 Å². The van der Waals surface area contributed by atoms with Crippen molar-refractivity contribution in [3.05, 3.63) is 42.4 Å². The second-order valence-corrected chi connectivity index (χ2v) is 5.46. The highest BCUT2D eigenvalue weighted by molar-refractivity contribution is 5.94. The first-order chi connectivity index (χ1) is 10.1. The Morgan fingerprint density at radius 3 is 2.62 bits per heavy atom. The zero-order valence-electron chi connectivity index (χ0n) is 12.7. The number of nitrogen functional groups attached to an aromatic ring is 1. The van der Waals surface area contributed by atoms with Gasteiger partial charge in [-0.1, -0.05) is 31.2 Å². The zero-order valence-corrected chi connectivity index (χ0v) is 12.7. The van der Waals surface area contributed by atoms with Crippen LogP contribution >= 0.6 is 0 Å². The minimum atomic E-state index is 0.295. The van der Waals surface area contributed by atoms with E-state index in [9.17, 15) is 0 Å². The van der Waals surface area contributed by atoms with Crippen molar-refractivity contribution in [1.29, 1.82) is 0 Å². The Morgan fingerprint density at radius 1 is 1.19 bits per heavy atom. The lowest BCUT2D eigenvalue weighted by Gasteiger charge is -2.12. The van der Waals surface area contributed by atoms with Crippen LogP contribution in [-0.4, -0.2) is 14.5 Å². The molecule has 0 radical (unpaired) electrons. The smallest absolute Gasteiger partial charge is 0.132 e. The first-order valence-electron chi connectivity index (χ1n) is 7.34. The summed E-state index contributed by atoms with van der Waals surface area (Å²) < 4.78 is 2.11. The fourth-order valence-electron chi connectivity index (χ4n) is 2.81. The van der Waals surface area contributed by atoms with E-state index in [-0.39, 0.29) is 0 Å². The van der Waals surface area contributed by atoms with Gasteiger partial charge in [-0.2, -0.15) is 0 Å². The summed E-state index contributed by atoms with van der Waals surface area (Å²) in [6, 6.07) is 10.4. The van der Waals surface area contributed by atoms with E-state index >= 15 is 0 Å². The molecule has 0 aliphatic carbocycles. The predicted octanol–water partition coefficient (Wildman–Crippen LogP) is 3.82. The van der Waals surface area contributed by atoms with Crippen LogP contribution in [0.1, 0.15) is 32.6 Å². The number of anilines is 1. The number of benzene rings is 1. The summed E-state index contributed by atoms with van der Waals surface area (Å²) >= 11 is 0. The molecule has 0 unspecified atom stereocenters. The first-order valence-corrected chi connectivity index (χ1v) is 7.34. The van der Waals surface area contributed by atoms with Crippen LogP contribution in [0, 0.1) is 0 Å². The number of aromatic nitrogens is 3. The maximum atomic E-state index is 6.38. The van der Waals surface area contributed by atoms with E-state index in [1.807, 2.05) is 24.4 Å². The second-order valence-electron chi connectivity index (χ2n) is 5.46. The molecule has 4 heteroatoms. The summed E-state index contributed by atoms with van der Waals surface area (Å²) in [7, 11) is 0. The van der Waals surface area contributed by atoms with Gasteiger partial charge in [0.05, 0.1) is 5.52 Å². The van der Waals surface area contributed by atoms with Crippen LogP contribution in [0.15, 0.2) is 36.5 Å². The Kier molecular flexibility index (Phi) is 3.37. The van der Waals surface area contributed by atoms with Gasteiger partial charge in [0, 0.05) is 29.6 Å². The van der Waals surface area contributed by atoms with Gasteiger partial charge in [0.2, 0.25) is 0 Å². The van der Waals surface area contributed by atoms with Crippen molar-refractivity contribution in [2.75, 3.05) is 5.73 Å². The van der Waals surface area contributed by atoms with Gasteiger partial charge in [-0.25, -0.2) is 4.98 Å². The third-order valence-corrected chi connectivity index (χ3v) is 3.74. The maximum Gasteiger partial charge on any atom is 0.132 e. The summed E-state index contributed by atoms with van der Waals surface area (Å²) in [6.07, 6.45) is 2.67. The largest absolute Gasteiger partial charge is 0.383 e. The lowest BCUT2D eigenvalue weighted by molar-refractivity contribution is 0.579. The number of nitrogens with two attached hydrogens (primary N) is 1. The van der Waals surface area contributed by atoms with Crippen LogP contribution in [0.3, 0.4) is 0 Å². The number of fused-ring (bicyclic) bond motifs is 1. The molecule has 0 atom stereocenters. The molecule has 2 heterocycles. The first kappa shape index (κ1) is 13.6. The van der Waals surface area contributed by atoms with Gasteiger partial charge in [0.25, 0.3) is 0 Å². The summed E-state index contributed by atoms with van der Waals surface area (Å²) in [5.74, 6) is 1.74. The number of nitrogens with zero attached hydrogens (tertiary/aromatic N) is 3. The molecule has 1 aromatic carbocycles. The zero-order chi connectivity index (χ0) is 15.0. The lowest BCUT2D eigenvalue weighted by Crippen LogP contribution is -2.08. The fourth-order valence-corrected chi connectivity index (χ4v) is 2.81. The lowest BCUT2D eigenvalue weighted by atomic mass is 10.1. The monoisotopic (exact) mass is 280 g/mol. The molecule has 0 aliphatic heterocycles. The molecular weight excluding hydrogens is 260 g/mol. The molecule has 0 fully saturated rings. The molecule has 0 saturated heterocycles. The Morgan fingerprint density at radius 2 is 1.95 bits per heavy atom. The molecule has 2 aromatic heterocycles. The van der Waals surface area contributed by atoms with Gasteiger partial charge >= 0.3 is 0 Å². The summed E-state index contributed by atoms with van der Waals surface area (Å²) in [6.45, 7) is 6.36. The van der Waals surface area contributed by atoms with Crippen molar-refractivity contribution in [2.24, 2.45) is 0 Å².